The average molecular weight is 559 g/mol. The Labute approximate surface area is 236 Å². The highest BCUT2D eigenvalue weighted by atomic mass is 32.2. The molecule has 0 aliphatic heterocycles. The van der Waals surface area contributed by atoms with Crippen LogP contribution >= 0.6 is 11.8 Å². The Bertz CT molecular complexity index is 1560. The van der Waals surface area contributed by atoms with Crippen LogP contribution in [0.1, 0.15) is 30.6 Å². The van der Waals surface area contributed by atoms with Gasteiger partial charge in [0.2, 0.25) is 5.12 Å². The molecule has 0 fully saturated rings. The summed E-state index contributed by atoms with van der Waals surface area (Å²) in [5.74, 6) is 0.0938. The number of esters is 2. The zero-order chi connectivity index (χ0) is 28.7. The van der Waals surface area contributed by atoms with Gasteiger partial charge in [-0.15, -0.1) is 0 Å². The van der Waals surface area contributed by atoms with Crippen LogP contribution in [0.25, 0.3) is 21.5 Å². The Kier molecular flexibility index (Phi) is 9.24. The van der Waals surface area contributed by atoms with Crippen molar-refractivity contribution in [3.63, 3.8) is 0 Å². The number of thioether (sulfide) groups is 1. The van der Waals surface area contributed by atoms with E-state index in [2.05, 4.69) is 6.58 Å². The fourth-order valence-corrected chi connectivity index (χ4v) is 4.59. The Morgan fingerprint density at radius 2 is 1.52 bits per heavy atom. The van der Waals surface area contributed by atoms with E-state index in [1.807, 2.05) is 36.4 Å². The molecule has 0 saturated carbocycles. The number of carbonyl (C=O) groups is 3. The second kappa shape index (κ2) is 12.8. The van der Waals surface area contributed by atoms with Crippen molar-refractivity contribution in [1.29, 1.82) is 0 Å². The maximum atomic E-state index is 12.9. The minimum atomic E-state index is -0.982. The van der Waals surface area contributed by atoms with Gasteiger partial charge >= 0.3 is 11.9 Å². The quantitative estimate of drug-likeness (QED) is 0.0568. The van der Waals surface area contributed by atoms with Crippen LogP contribution in [0, 0.1) is 5.41 Å². The summed E-state index contributed by atoms with van der Waals surface area (Å²) in [6.45, 7) is 6.93. The van der Waals surface area contributed by atoms with Crippen molar-refractivity contribution in [3.8, 4) is 11.5 Å². The molecular formula is C32H30O7S. The van der Waals surface area contributed by atoms with Gasteiger partial charge in [-0.05, 0) is 95.7 Å². The lowest BCUT2D eigenvalue weighted by molar-refractivity contribution is -0.146. The fraction of sp³-hybridized carbons (Fsp3) is 0.219. The molecule has 0 spiro atoms. The van der Waals surface area contributed by atoms with Crippen LogP contribution < -0.4 is 9.47 Å². The first-order chi connectivity index (χ1) is 19.2. The largest absolute Gasteiger partial charge is 0.493 e. The number of ether oxygens (including phenoxy) is 3. The number of hydrogen-bond acceptors (Lipinski definition) is 8. The molecule has 40 heavy (non-hydrogen) atoms. The number of hydrogen-bond donors (Lipinski definition) is 1. The molecule has 7 nitrogen and oxygen atoms in total. The molecule has 0 heterocycles. The first kappa shape index (κ1) is 28.9. The van der Waals surface area contributed by atoms with Gasteiger partial charge in [-0.2, -0.15) is 0 Å². The first-order valence-corrected chi connectivity index (χ1v) is 13.6. The van der Waals surface area contributed by atoms with Gasteiger partial charge in [-0.3, -0.25) is 9.59 Å². The topological polar surface area (TPSA) is 99.1 Å². The Balaban J connectivity index is 1.39. The molecule has 1 N–H and O–H groups in total. The second-order valence-electron chi connectivity index (χ2n) is 9.75. The lowest BCUT2D eigenvalue weighted by Crippen LogP contribution is -2.32. The van der Waals surface area contributed by atoms with Gasteiger partial charge in [0.25, 0.3) is 0 Å². The zero-order valence-corrected chi connectivity index (χ0v) is 23.2. The summed E-state index contributed by atoms with van der Waals surface area (Å²) in [4.78, 5) is 37.1. The van der Waals surface area contributed by atoms with Crippen LogP contribution in [0.3, 0.4) is 0 Å². The second-order valence-corrected chi connectivity index (χ2v) is 10.8. The standard InChI is InChI=1S/C32H30O7S/c1-4-29(34)38-17-5-16-37-24-10-8-21(9-11-24)30(35)40-26-13-15-28-23(19-26)7-6-22-18-25(12-14-27(22)28)39-31(36)32(2,3)20-33/h4,6-15,18-19,33H,1,5,16-17,20H2,2-3H3. The van der Waals surface area contributed by atoms with Crippen LogP contribution in [0.2, 0.25) is 0 Å². The van der Waals surface area contributed by atoms with Crippen molar-refractivity contribution in [2.24, 2.45) is 5.41 Å². The molecular weight excluding hydrogens is 528 g/mol. The summed E-state index contributed by atoms with van der Waals surface area (Å²) in [6.07, 6.45) is 1.67. The maximum absolute atomic E-state index is 12.9. The lowest BCUT2D eigenvalue weighted by atomic mass is 9.95. The average Bonchev–Trinajstić information content (AvgIpc) is 2.96. The van der Waals surface area contributed by atoms with Gasteiger partial charge in [-0.25, -0.2) is 4.79 Å². The van der Waals surface area contributed by atoms with Gasteiger partial charge in [0.05, 0.1) is 25.2 Å². The van der Waals surface area contributed by atoms with Crippen LogP contribution in [-0.4, -0.2) is 42.0 Å². The smallest absolute Gasteiger partial charge is 0.330 e. The van der Waals surface area contributed by atoms with E-state index in [9.17, 15) is 19.5 Å². The van der Waals surface area contributed by atoms with Crippen LogP contribution in [0.4, 0.5) is 0 Å². The van der Waals surface area contributed by atoms with Gasteiger partial charge in [0.15, 0.2) is 0 Å². The van der Waals surface area contributed by atoms with Crippen molar-refractivity contribution < 1.29 is 33.7 Å². The molecule has 0 unspecified atom stereocenters. The van der Waals surface area contributed by atoms with E-state index in [-0.39, 0.29) is 18.3 Å². The van der Waals surface area contributed by atoms with Crippen molar-refractivity contribution in [1.82, 2.24) is 0 Å². The normalized spacial score (nSPS) is 11.3. The van der Waals surface area contributed by atoms with Crippen LogP contribution in [0.15, 0.2) is 90.3 Å². The first-order valence-electron chi connectivity index (χ1n) is 12.7. The summed E-state index contributed by atoms with van der Waals surface area (Å²) in [5.41, 5.74) is -0.424. The molecule has 4 aromatic rings. The number of benzene rings is 4. The SMILES string of the molecule is C=CC(=O)OCCCOc1ccc(C(=O)Sc2ccc3c(ccc4cc(OC(=O)C(C)(C)CO)ccc43)c2)cc1. The molecule has 4 rings (SSSR count). The van der Waals surface area contributed by atoms with Crippen molar-refractivity contribution >= 4 is 50.4 Å². The molecule has 0 atom stereocenters. The molecule has 0 aromatic heterocycles. The third-order valence-corrected chi connectivity index (χ3v) is 7.12. The highest BCUT2D eigenvalue weighted by molar-refractivity contribution is 8.14. The van der Waals surface area contributed by atoms with Crippen molar-refractivity contribution in [2.75, 3.05) is 19.8 Å². The van der Waals surface area contributed by atoms with Crippen LogP contribution in [0.5, 0.6) is 11.5 Å². The molecule has 0 bridgehead atoms. The Morgan fingerprint density at radius 3 is 2.20 bits per heavy atom. The van der Waals surface area contributed by atoms with E-state index < -0.39 is 17.4 Å². The van der Waals surface area contributed by atoms with E-state index >= 15 is 0 Å². The van der Waals surface area contributed by atoms with Gasteiger partial charge in [-0.1, -0.05) is 30.8 Å². The van der Waals surface area contributed by atoms with E-state index in [1.165, 1.54) is 0 Å². The van der Waals surface area contributed by atoms with Crippen molar-refractivity contribution in [3.05, 3.63) is 91.0 Å². The third-order valence-electron chi connectivity index (χ3n) is 6.21. The Hall–Kier alpha value is -4.14. The highest BCUT2D eigenvalue weighted by Gasteiger charge is 2.29. The fourth-order valence-electron chi connectivity index (χ4n) is 3.80. The third kappa shape index (κ3) is 7.08. The van der Waals surface area contributed by atoms with Crippen molar-refractivity contribution in [2.45, 2.75) is 25.2 Å². The highest BCUT2D eigenvalue weighted by Crippen LogP contribution is 2.33. The number of aliphatic hydroxyl groups is 1. The molecule has 0 aliphatic rings. The summed E-state index contributed by atoms with van der Waals surface area (Å²) in [6, 6.07) is 22.2. The predicted molar refractivity (Wildman–Crippen MR) is 156 cm³/mol. The Morgan fingerprint density at radius 1 is 0.875 bits per heavy atom. The summed E-state index contributed by atoms with van der Waals surface area (Å²) in [5, 5.41) is 13.2. The predicted octanol–water partition coefficient (Wildman–Crippen LogP) is 6.35. The monoisotopic (exact) mass is 558 g/mol. The van der Waals surface area contributed by atoms with E-state index in [4.69, 9.17) is 14.2 Å². The molecule has 4 aromatic carbocycles. The number of carbonyl (C=O) groups excluding carboxylic acids is 3. The lowest BCUT2D eigenvalue weighted by Gasteiger charge is -2.19. The zero-order valence-electron chi connectivity index (χ0n) is 22.3. The minimum absolute atomic E-state index is 0.0831. The summed E-state index contributed by atoms with van der Waals surface area (Å²) in [7, 11) is 0. The van der Waals surface area contributed by atoms with Gasteiger partial charge in [0, 0.05) is 23.0 Å². The summed E-state index contributed by atoms with van der Waals surface area (Å²) < 4.78 is 16.0. The molecule has 0 aliphatic carbocycles. The van der Waals surface area contributed by atoms with E-state index in [0.29, 0.717) is 30.1 Å². The molecule has 0 saturated heterocycles. The maximum Gasteiger partial charge on any atom is 0.330 e. The number of fused-ring (bicyclic) bond motifs is 3. The van der Waals surface area contributed by atoms with Crippen LogP contribution in [-0.2, 0) is 14.3 Å². The van der Waals surface area contributed by atoms with E-state index in [0.717, 1.165) is 44.3 Å². The summed E-state index contributed by atoms with van der Waals surface area (Å²) >= 11 is 1.15. The number of rotatable bonds is 11. The van der Waals surface area contributed by atoms with Gasteiger partial charge in [0.1, 0.15) is 11.5 Å². The van der Waals surface area contributed by atoms with Gasteiger partial charge < -0.3 is 19.3 Å². The molecule has 0 amide bonds. The number of aliphatic hydroxyl groups excluding tert-OH is 1. The minimum Gasteiger partial charge on any atom is -0.493 e. The molecule has 206 valence electrons. The van der Waals surface area contributed by atoms with E-state index in [1.54, 1.807) is 50.2 Å². The molecule has 0 radical (unpaired) electrons. The molecule has 8 heteroatoms.